The van der Waals surface area contributed by atoms with E-state index in [-0.39, 0.29) is 0 Å². The molecule has 0 aliphatic carbocycles. The largest absolute Gasteiger partial charge is 0.339 e. The lowest BCUT2D eigenvalue weighted by atomic mass is 10.1. The van der Waals surface area contributed by atoms with E-state index in [0.29, 0.717) is 11.4 Å². The maximum Gasteiger partial charge on any atom is 0.227 e. The summed E-state index contributed by atoms with van der Waals surface area (Å²) in [6, 6.07) is 21.7. The predicted octanol–water partition coefficient (Wildman–Crippen LogP) is 3.90. The maximum atomic E-state index is 9.40. The summed E-state index contributed by atoms with van der Waals surface area (Å²) in [5.41, 5.74) is 3.24. The number of hydrogen-bond acceptors (Lipinski definition) is 6. The van der Waals surface area contributed by atoms with E-state index in [1.165, 1.54) is 0 Å². The standard InChI is InChI=1S/C23H24N6/c1-2-28-12-14-29(15-13-28)23-26-21(18-8-4-3-5-9-18)16-22(27-23)25-20-11-7-6-10-19(20)17-24/h3-11,16H,2,12-15H2,1H3,(H,25,26,27). The van der Waals surface area contributed by atoms with Crippen LogP contribution in [-0.2, 0) is 0 Å². The van der Waals surface area contributed by atoms with E-state index in [2.05, 4.69) is 28.1 Å². The van der Waals surface area contributed by atoms with Crippen molar-refractivity contribution in [2.24, 2.45) is 0 Å². The van der Waals surface area contributed by atoms with Crippen molar-refractivity contribution >= 4 is 17.5 Å². The quantitative estimate of drug-likeness (QED) is 0.720. The Kier molecular flexibility index (Phi) is 5.68. The third-order valence-electron chi connectivity index (χ3n) is 5.20. The molecule has 0 bridgehead atoms. The highest BCUT2D eigenvalue weighted by Crippen LogP contribution is 2.26. The number of likely N-dealkylation sites (N-methyl/N-ethyl adjacent to an activating group) is 1. The van der Waals surface area contributed by atoms with Gasteiger partial charge in [0.05, 0.1) is 16.9 Å². The van der Waals surface area contributed by atoms with Gasteiger partial charge in [-0.3, -0.25) is 0 Å². The third kappa shape index (κ3) is 4.36. The van der Waals surface area contributed by atoms with Crippen LogP contribution in [-0.4, -0.2) is 47.6 Å². The zero-order valence-corrected chi connectivity index (χ0v) is 16.5. The van der Waals surface area contributed by atoms with Gasteiger partial charge in [-0.1, -0.05) is 49.4 Å². The van der Waals surface area contributed by atoms with Crippen LogP contribution in [0.2, 0.25) is 0 Å². The number of rotatable bonds is 5. The first-order valence-corrected chi connectivity index (χ1v) is 9.95. The summed E-state index contributed by atoms with van der Waals surface area (Å²) in [7, 11) is 0. The third-order valence-corrected chi connectivity index (χ3v) is 5.20. The molecule has 0 unspecified atom stereocenters. The Morgan fingerprint density at radius 2 is 1.69 bits per heavy atom. The number of benzene rings is 2. The van der Waals surface area contributed by atoms with Crippen LogP contribution in [0.5, 0.6) is 0 Å². The Balaban J connectivity index is 1.70. The second-order valence-corrected chi connectivity index (χ2v) is 7.01. The van der Waals surface area contributed by atoms with Gasteiger partial charge in [0, 0.05) is 37.8 Å². The van der Waals surface area contributed by atoms with Crippen LogP contribution in [0, 0.1) is 11.3 Å². The molecule has 1 aromatic heterocycles. The van der Waals surface area contributed by atoms with Gasteiger partial charge >= 0.3 is 0 Å². The Bertz CT molecular complexity index is 1000. The van der Waals surface area contributed by atoms with Crippen molar-refractivity contribution in [1.29, 1.82) is 5.26 Å². The number of piperazine rings is 1. The van der Waals surface area contributed by atoms with Crippen molar-refractivity contribution in [3.05, 3.63) is 66.2 Å². The average Bonchev–Trinajstić information content (AvgIpc) is 2.80. The molecule has 146 valence electrons. The fraction of sp³-hybridized carbons (Fsp3) is 0.261. The van der Waals surface area contributed by atoms with Gasteiger partial charge in [0.15, 0.2) is 0 Å². The normalized spacial score (nSPS) is 14.4. The van der Waals surface area contributed by atoms with E-state index < -0.39 is 0 Å². The number of nitriles is 1. The Morgan fingerprint density at radius 3 is 2.41 bits per heavy atom. The molecule has 1 aliphatic heterocycles. The average molecular weight is 384 g/mol. The van der Waals surface area contributed by atoms with Gasteiger partial charge in [0.25, 0.3) is 0 Å². The van der Waals surface area contributed by atoms with Crippen LogP contribution in [0.3, 0.4) is 0 Å². The summed E-state index contributed by atoms with van der Waals surface area (Å²) in [6.45, 7) is 7.08. The van der Waals surface area contributed by atoms with Gasteiger partial charge in [0.1, 0.15) is 11.9 Å². The van der Waals surface area contributed by atoms with E-state index in [1.807, 2.05) is 54.6 Å². The number of aromatic nitrogens is 2. The molecular formula is C23H24N6. The fourth-order valence-electron chi connectivity index (χ4n) is 3.49. The van der Waals surface area contributed by atoms with Crippen molar-refractivity contribution < 1.29 is 0 Å². The van der Waals surface area contributed by atoms with Gasteiger partial charge < -0.3 is 15.1 Å². The number of anilines is 3. The van der Waals surface area contributed by atoms with Gasteiger partial charge in [-0.25, -0.2) is 4.98 Å². The summed E-state index contributed by atoms with van der Waals surface area (Å²) < 4.78 is 0. The SMILES string of the molecule is CCN1CCN(c2nc(Nc3ccccc3C#N)cc(-c3ccccc3)n2)CC1. The number of nitrogens with zero attached hydrogens (tertiary/aromatic N) is 5. The molecule has 2 aromatic carbocycles. The molecule has 0 spiro atoms. The van der Waals surface area contributed by atoms with Crippen LogP contribution in [0.4, 0.5) is 17.5 Å². The van der Waals surface area contributed by atoms with Gasteiger partial charge in [-0.05, 0) is 18.7 Å². The van der Waals surface area contributed by atoms with Crippen molar-refractivity contribution in [3.63, 3.8) is 0 Å². The van der Waals surface area contributed by atoms with E-state index in [1.54, 1.807) is 6.07 Å². The highest BCUT2D eigenvalue weighted by atomic mass is 15.3. The Hall–Kier alpha value is -3.43. The molecule has 4 rings (SSSR count). The predicted molar refractivity (Wildman–Crippen MR) is 116 cm³/mol. The van der Waals surface area contributed by atoms with E-state index in [4.69, 9.17) is 9.97 Å². The summed E-state index contributed by atoms with van der Waals surface area (Å²) in [4.78, 5) is 14.3. The zero-order chi connectivity index (χ0) is 20.1. The van der Waals surface area contributed by atoms with Crippen molar-refractivity contribution in [2.45, 2.75) is 6.92 Å². The van der Waals surface area contributed by atoms with Gasteiger partial charge in [-0.2, -0.15) is 10.2 Å². The van der Waals surface area contributed by atoms with E-state index in [0.717, 1.165) is 55.6 Å². The molecule has 6 heteroatoms. The second-order valence-electron chi connectivity index (χ2n) is 7.01. The second kappa shape index (κ2) is 8.72. The van der Waals surface area contributed by atoms with Crippen molar-refractivity contribution in [3.8, 4) is 17.3 Å². The van der Waals surface area contributed by atoms with Crippen LogP contribution >= 0.6 is 0 Å². The highest BCUT2D eigenvalue weighted by molar-refractivity contribution is 5.70. The molecule has 0 radical (unpaired) electrons. The molecule has 1 saturated heterocycles. The minimum Gasteiger partial charge on any atom is -0.339 e. The molecule has 29 heavy (non-hydrogen) atoms. The topological polar surface area (TPSA) is 68.1 Å². The molecule has 1 fully saturated rings. The monoisotopic (exact) mass is 384 g/mol. The van der Waals surface area contributed by atoms with Crippen molar-refractivity contribution in [1.82, 2.24) is 14.9 Å². The first-order chi connectivity index (χ1) is 14.3. The Morgan fingerprint density at radius 1 is 0.966 bits per heavy atom. The zero-order valence-electron chi connectivity index (χ0n) is 16.5. The number of nitrogens with one attached hydrogen (secondary N) is 1. The van der Waals surface area contributed by atoms with Gasteiger partial charge in [-0.15, -0.1) is 0 Å². The smallest absolute Gasteiger partial charge is 0.227 e. The molecule has 0 amide bonds. The maximum absolute atomic E-state index is 9.40. The molecular weight excluding hydrogens is 360 g/mol. The van der Waals surface area contributed by atoms with Crippen LogP contribution in [0.25, 0.3) is 11.3 Å². The fourth-order valence-corrected chi connectivity index (χ4v) is 3.49. The lowest BCUT2D eigenvalue weighted by Gasteiger charge is -2.34. The van der Waals surface area contributed by atoms with E-state index >= 15 is 0 Å². The molecule has 0 saturated carbocycles. The van der Waals surface area contributed by atoms with Crippen LogP contribution in [0.15, 0.2) is 60.7 Å². The summed E-state index contributed by atoms with van der Waals surface area (Å²) in [5, 5.41) is 12.7. The first kappa shape index (κ1) is 18.9. The Labute approximate surface area is 171 Å². The first-order valence-electron chi connectivity index (χ1n) is 9.95. The molecule has 6 nitrogen and oxygen atoms in total. The van der Waals surface area contributed by atoms with Crippen LogP contribution in [0.1, 0.15) is 12.5 Å². The number of para-hydroxylation sites is 1. The number of hydrogen-bond donors (Lipinski definition) is 1. The summed E-state index contributed by atoms with van der Waals surface area (Å²) >= 11 is 0. The minimum atomic E-state index is 0.588. The van der Waals surface area contributed by atoms with Gasteiger partial charge in [0.2, 0.25) is 5.95 Å². The molecule has 2 heterocycles. The lowest BCUT2D eigenvalue weighted by molar-refractivity contribution is 0.270. The summed E-state index contributed by atoms with van der Waals surface area (Å²) in [6.07, 6.45) is 0. The highest BCUT2D eigenvalue weighted by Gasteiger charge is 2.19. The molecule has 0 atom stereocenters. The van der Waals surface area contributed by atoms with E-state index in [9.17, 15) is 5.26 Å². The van der Waals surface area contributed by atoms with Crippen molar-refractivity contribution in [2.75, 3.05) is 42.9 Å². The van der Waals surface area contributed by atoms with Crippen LogP contribution < -0.4 is 10.2 Å². The molecule has 1 N–H and O–H groups in total. The molecule has 1 aliphatic rings. The minimum absolute atomic E-state index is 0.588. The molecule has 3 aromatic rings. The lowest BCUT2D eigenvalue weighted by Crippen LogP contribution is -2.46. The summed E-state index contributed by atoms with van der Waals surface area (Å²) in [5.74, 6) is 1.41.